The highest BCUT2D eigenvalue weighted by atomic mass is 16.5. The second kappa shape index (κ2) is 6.18. The Bertz CT molecular complexity index is 383. The lowest BCUT2D eigenvalue weighted by Crippen LogP contribution is -2.45. The van der Waals surface area contributed by atoms with Gasteiger partial charge in [-0.25, -0.2) is 0 Å². The number of fused-ring (bicyclic) bond motifs is 1. The van der Waals surface area contributed by atoms with Gasteiger partial charge in [0.2, 0.25) is 0 Å². The SMILES string of the molecule is CCOCCN(C)C1COc2ccccc2C1O. The van der Waals surface area contributed by atoms with E-state index in [1.54, 1.807) is 0 Å². The molecule has 2 atom stereocenters. The van der Waals surface area contributed by atoms with Crippen molar-refractivity contribution in [2.45, 2.75) is 19.1 Å². The molecule has 1 aliphatic rings. The van der Waals surface area contributed by atoms with Crippen LogP contribution in [0.25, 0.3) is 0 Å². The van der Waals surface area contributed by atoms with Crippen LogP contribution in [0.4, 0.5) is 0 Å². The predicted molar refractivity (Wildman–Crippen MR) is 69.8 cm³/mol. The molecule has 100 valence electrons. The highest BCUT2D eigenvalue weighted by molar-refractivity contribution is 5.37. The second-order valence-electron chi connectivity index (χ2n) is 4.54. The molecule has 1 aromatic rings. The van der Waals surface area contributed by atoms with Crippen LogP contribution >= 0.6 is 0 Å². The van der Waals surface area contributed by atoms with Crippen molar-refractivity contribution in [1.82, 2.24) is 4.90 Å². The number of rotatable bonds is 5. The third-order valence-electron chi connectivity index (χ3n) is 3.37. The van der Waals surface area contributed by atoms with E-state index in [4.69, 9.17) is 9.47 Å². The van der Waals surface area contributed by atoms with Gasteiger partial charge in [0.05, 0.1) is 12.6 Å². The summed E-state index contributed by atoms with van der Waals surface area (Å²) in [6.45, 7) is 4.69. The van der Waals surface area contributed by atoms with Crippen LogP contribution in [0.5, 0.6) is 5.75 Å². The number of nitrogens with zero attached hydrogens (tertiary/aromatic N) is 1. The Morgan fingerprint density at radius 3 is 3.00 bits per heavy atom. The van der Waals surface area contributed by atoms with Crippen molar-refractivity contribution < 1.29 is 14.6 Å². The van der Waals surface area contributed by atoms with Crippen LogP contribution in [-0.4, -0.2) is 49.5 Å². The van der Waals surface area contributed by atoms with E-state index in [-0.39, 0.29) is 6.04 Å². The van der Waals surface area contributed by atoms with Crippen LogP contribution in [0.3, 0.4) is 0 Å². The molecule has 4 nitrogen and oxygen atoms in total. The quantitative estimate of drug-likeness (QED) is 0.804. The zero-order chi connectivity index (χ0) is 13.0. The molecule has 1 aliphatic heterocycles. The Balaban J connectivity index is 2.00. The van der Waals surface area contributed by atoms with E-state index >= 15 is 0 Å². The van der Waals surface area contributed by atoms with Gasteiger partial charge in [-0.2, -0.15) is 0 Å². The molecule has 0 amide bonds. The van der Waals surface area contributed by atoms with E-state index in [0.717, 1.165) is 24.5 Å². The topological polar surface area (TPSA) is 41.9 Å². The number of likely N-dealkylation sites (N-methyl/N-ethyl adjacent to an activating group) is 1. The summed E-state index contributed by atoms with van der Waals surface area (Å²) in [5, 5.41) is 10.4. The highest BCUT2D eigenvalue weighted by Crippen LogP contribution is 2.33. The molecule has 0 saturated carbocycles. The number of aliphatic hydroxyl groups excluding tert-OH is 1. The van der Waals surface area contributed by atoms with Crippen molar-refractivity contribution in [3.63, 3.8) is 0 Å². The van der Waals surface area contributed by atoms with Gasteiger partial charge in [-0.3, -0.25) is 4.90 Å². The molecule has 0 bridgehead atoms. The Hall–Kier alpha value is -1.10. The number of para-hydroxylation sites is 1. The van der Waals surface area contributed by atoms with Crippen molar-refractivity contribution in [2.75, 3.05) is 33.4 Å². The zero-order valence-electron chi connectivity index (χ0n) is 11.0. The van der Waals surface area contributed by atoms with Gasteiger partial charge in [-0.05, 0) is 20.0 Å². The molecule has 0 aliphatic carbocycles. The summed E-state index contributed by atoms with van der Waals surface area (Å²) < 4.78 is 11.0. The van der Waals surface area contributed by atoms with Crippen molar-refractivity contribution in [1.29, 1.82) is 0 Å². The monoisotopic (exact) mass is 251 g/mol. The first-order chi connectivity index (χ1) is 8.74. The van der Waals surface area contributed by atoms with E-state index in [9.17, 15) is 5.11 Å². The summed E-state index contributed by atoms with van der Waals surface area (Å²) in [7, 11) is 1.99. The largest absolute Gasteiger partial charge is 0.491 e. The van der Waals surface area contributed by atoms with Gasteiger partial charge in [0.25, 0.3) is 0 Å². The van der Waals surface area contributed by atoms with Crippen molar-refractivity contribution in [2.24, 2.45) is 0 Å². The van der Waals surface area contributed by atoms with Crippen LogP contribution in [0.1, 0.15) is 18.6 Å². The van der Waals surface area contributed by atoms with E-state index in [0.29, 0.717) is 13.2 Å². The summed E-state index contributed by atoms with van der Waals surface area (Å²) in [5.74, 6) is 0.791. The van der Waals surface area contributed by atoms with Crippen LogP contribution < -0.4 is 4.74 Å². The first-order valence-electron chi connectivity index (χ1n) is 6.41. The number of hydrogen-bond acceptors (Lipinski definition) is 4. The molecule has 0 fully saturated rings. The van der Waals surface area contributed by atoms with Gasteiger partial charge in [0.1, 0.15) is 18.5 Å². The smallest absolute Gasteiger partial charge is 0.125 e. The molecule has 2 rings (SSSR count). The van der Waals surface area contributed by atoms with Crippen LogP contribution in [0.15, 0.2) is 24.3 Å². The molecule has 0 saturated heterocycles. The summed E-state index contributed by atoms with van der Waals surface area (Å²) in [6.07, 6.45) is -0.499. The molecular formula is C14H21NO3. The normalized spacial score (nSPS) is 22.7. The van der Waals surface area contributed by atoms with E-state index in [2.05, 4.69) is 4.90 Å². The van der Waals surface area contributed by atoms with Crippen LogP contribution in [-0.2, 0) is 4.74 Å². The Kier molecular flexibility index (Phi) is 4.58. The van der Waals surface area contributed by atoms with Gasteiger partial charge in [-0.1, -0.05) is 18.2 Å². The van der Waals surface area contributed by atoms with Gasteiger partial charge < -0.3 is 14.6 Å². The van der Waals surface area contributed by atoms with Gasteiger partial charge in [-0.15, -0.1) is 0 Å². The number of hydrogen-bond donors (Lipinski definition) is 1. The summed E-state index contributed by atoms with van der Waals surface area (Å²) in [4.78, 5) is 2.09. The molecular weight excluding hydrogens is 230 g/mol. The molecule has 0 radical (unpaired) electrons. The maximum Gasteiger partial charge on any atom is 0.125 e. The molecule has 0 aromatic heterocycles. The fraction of sp³-hybridized carbons (Fsp3) is 0.571. The maximum atomic E-state index is 10.4. The van der Waals surface area contributed by atoms with Crippen molar-refractivity contribution in [3.05, 3.63) is 29.8 Å². The standard InChI is InChI=1S/C14H21NO3/c1-3-17-9-8-15(2)12-10-18-13-7-5-4-6-11(13)14(12)16/h4-7,12,14,16H,3,8-10H2,1-2H3. The lowest BCUT2D eigenvalue weighted by molar-refractivity contribution is 0.00331. The highest BCUT2D eigenvalue weighted by Gasteiger charge is 2.31. The fourth-order valence-electron chi connectivity index (χ4n) is 2.22. The van der Waals surface area contributed by atoms with E-state index in [1.807, 2.05) is 38.2 Å². The van der Waals surface area contributed by atoms with Crippen molar-refractivity contribution in [3.8, 4) is 5.75 Å². The average molecular weight is 251 g/mol. The Labute approximate surface area is 108 Å². The minimum atomic E-state index is -0.499. The molecule has 1 heterocycles. The zero-order valence-corrected chi connectivity index (χ0v) is 11.0. The Morgan fingerprint density at radius 2 is 2.22 bits per heavy atom. The van der Waals surface area contributed by atoms with E-state index in [1.165, 1.54) is 0 Å². The lowest BCUT2D eigenvalue weighted by atomic mass is 9.98. The third kappa shape index (κ3) is 2.83. The molecule has 1 aromatic carbocycles. The molecule has 2 unspecified atom stereocenters. The number of benzene rings is 1. The number of ether oxygens (including phenoxy) is 2. The summed E-state index contributed by atoms with van der Waals surface area (Å²) in [6, 6.07) is 7.65. The first-order valence-corrected chi connectivity index (χ1v) is 6.41. The third-order valence-corrected chi connectivity index (χ3v) is 3.37. The molecule has 1 N–H and O–H groups in total. The minimum Gasteiger partial charge on any atom is -0.491 e. The fourth-order valence-corrected chi connectivity index (χ4v) is 2.22. The molecule has 0 spiro atoms. The minimum absolute atomic E-state index is 0.0136. The first kappa shape index (κ1) is 13.3. The average Bonchev–Trinajstić information content (AvgIpc) is 2.39. The Morgan fingerprint density at radius 1 is 1.44 bits per heavy atom. The second-order valence-corrected chi connectivity index (χ2v) is 4.54. The molecule has 18 heavy (non-hydrogen) atoms. The van der Waals surface area contributed by atoms with Gasteiger partial charge in [0, 0.05) is 18.7 Å². The van der Waals surface area contributed by atoms with Crippen LogP contribution in [0.2, 0.25) is 0 Å². The predicted octanol–water partition coefficient (Wildman–Crippen LogP) is 1.45. The van der Waals surface area contributed by atoms with Crippen molar-refractivity contribution >= 4 is 0 Å². The lowest BCUT2D eigenvalue weighted by Gasteiger charge is -2.36. The van der Waals surface area contributed by atoms with E-state index < -0.39 is 6.10 Å². The van der Waals surface area contributed by atoms with Crippen LogP contribution in [0, 0.1) is 0 Å². The molecule has 4 heteroatoms. The maximum absolute atomic E-state index is 10.4. The van der Waals surface area contributed by atoms with Gasteiger partial charge >= 0.3 is 0 Å². The summed E-state index contributed by atoms with van der Waals surface area (Å²) in [5.41, 5.74) is 0.872. The van der Waals surface area contributed by atoms with Gasteiger partial charge in [0.15, 0.2) is 0 Å². The summed E-state index contributed by atoms with van der Waals surface area (Å²) >= 11 is 0. The number of aliphatic hydroxyl groups is 1.